The van der Waals surface area contributed by atoms with E-state index in [1.54, 1.807) is 11.1 Å². The van der Waals surface area contributed by atoms with Crippen molar-refractivity contribution < 1.29 is 19.4 Å². The molecule has 0 atom stereocenters. The van der Waals surface area contributed by atoms with Crippen molar-refractivity contribution in [2.24, 2.45) is 0 Å². The molecule has 2 aliphatic heterocycles. The molecule has 0 aromatic carbocycles. The summed E-state index contributed by atoms with van der Waals surface area (Å²) in [6.45, 7) is 5.06. The maximum absolute atomic E-state index is 12.2. The number of carboxylic acids is 1. The van der Waals surface area contributed by atoms with E-state index < -0.39 is 5.97 Å². The van der Waals surface area contributed by atoms with Crippen LogP contribution in [-0.4, -0.2) is 71.4 Å². The molecule has 0 radical (unpaired) electrons. The summed E-state index contributed by atoms with van der Waals surface area (Å²) >= 11 is 0.947. The highest BCUT2D eigenvalue weighted by atomic mass is 32.1. The highest BCUT2D eigenvalue weighted by molar-refractivity contribution is 7.17. The van der Waals surface area contributed by atoms with Gasteiger partial charge in [0.05, 0.1) is 25.1 Å². The number of aromatic carboxylic acids is 1. The summed E-state index contributed by atoms with van der Waals surface area (Å²) in [5.41, 5.74) is 2.19. The van der Waals surface area contributed by atoms with Crippen molar-refractivity contribution in [1.29, 1.82) is 0 Å². The molecule has 2 saturated heterocycles. The molecule has 0 aliphatic carbocycles. The van der Waals surface area contributed by atoms with Gasteiger partial charge in [0.15, 0.2) is 5.13 Å². The first-order chi connectivity index (χ1) is 14.6. The highest BCUT2D eigenvalue weighted by Crippen LogP contribution is 2.21. The number of nitrogens with zero attached hydrogens (tertiary/aromatic N) is 3. The summed E-state index contributed by atoms with van der Waals surface area (Å²) in [6.07, 6.45) is 6.65. The van der Waals surface area contributed by atoms with Gasteiger partial charge in [-0.25, -0.2) is 14.6 Å². The first kappa shape index (κ1) is 21.9. The van der Waals surface area contributed by atoms with Crippen LogP contribution in [-0.2, 0) is 4.74 Å². The molecule has 2 aromatic rings. The van der Waals surface area contributed by atoms with Crippen molar-refractivity contribution in [2.45, 2.75) is 12.8 Å². The monoisotopic (exact) mass is 431 g/mol. The van der Waals surface area contributed by atoms with Crippen molar-refractivity contribution in [3.8, 4) is 0 Å². The van der Waals surface area contributed by atoms with Crippen LogP contribution in [0.15, 0.2) is 36.2 Å². The predicted molar refractivity (Wildman–Crippen MR) is 115 cm³/mol. The van der Waals surface area contributed by atoms with Gasteiger partial charge in [0.25, 0.3) is 0 Å². The molecule has 4 rings (SSSR count). The fourth-order valence-corrected chi connectivity index (χ4v) is 3.57. The van der Waals surface area contributed by atoms with Gasteiger partial charge < -0.3 is 20.1 Å². The summed E-state index contributed by atoms with van der Waals surface area (Å²) in [6, 6.07) is 5.53. The Bertz CT molecular complexity index is 846. The molecular formula is C20H25N5O4S. The van der Waals surface area contributed by atoms with Crippen LogP contribution in [0, 0.1) is 0 Å². The van der Waals surface area contributed by atoms with Gasteiger partial charge in [-0.1, -0.05) is 23.0 Å². The summed E-state index contributed by atoms with van der Waals surface area (Å²) in [5, 5.41) is 15.0. The third kappa shape index (κ3) is 6.90. The van der Waals surface area contributed by atoms with Crippen LogP contribution < -0.4 is 10.6 Å². The first-order valence-electron chi connectivity index (χ1n) is 9.76. The number of ether oxygens (including phenoxy) is 1. The molecule has 2 amide bonds. The van der Waals surface area contributed by atoms with Gasteiger partial charge in [-0.2, -0.15) is 0 Å². The zero-order valence-electron chi connectivity index (χ0n) is 16.5. The third-order valence-corrected chi connectivity index (χ3v) is 5.41. The van der Waals surface area contributed by atoms with E-state index in [9.17, 15) is 9.59 Å². The van der Waals surface area contributed by atoms with Crippen molar-refractivity contribution in [3.63, 3.8) is 0 Å². The van der Waals surface area contributed by atoms with Crippen LogP contribution >= 0.6 is 11.3 Å². The summed E-state index contributed by atoms with van der Waals surface area (Å²) in [5.74, 6) is -1.05. The lowest BCUT2D eigenvalue weighted by Crippen LogP contribution is -2.39. The quantitative estimate of drug-likeness (QED) is 0.684. The Kier molecular flexibility index (Phi) is 8.30. The Morgan fingerprint density at radius 1 is 1.20 bits per heavy atom. The van der Waals surface area contributed by atoms with Gasteiger partial charge in [0.1, 0.15) is 4.88 Å². The third-order valence-electron chi connectivity index (χ3n) is 4.51. The maximum atomic E-state index is 12.2. The van der Waals surface area contributed by atoms with E-state index in [0.29, 0.717) is 18.2 Å². The zero-order chi connectivity index (χ0) is 21.2. The van der Waals surface area contributed by atoms with Gasteiger partial charge in [-0.05, 0) is 31.1 Å². The molecule has 3 N–H and O–H groups in total. The maximum Gasteiger partial charge on any atom is 0.347 e. The van der Waals surface area contributed by atoms with Crippen LogP contribution in [0.3, 0.4) is 0 Å². The van der Waals surface area contributed by atoms with Crippen LogP contribution in [0.2, 0.25) is 0 Å². The molecule has 0 spiro atoms. The Morgan fingerprint density at radius 3 is 2.50 bits per heavy atom. The molecule has 2 fully saturated rings. The summed E-state index contributed by atoms with van der Waals surface area (Å²) in [7, 11) is 0. The lowest BCUT2D eigenvalue weighted by molar-refractivity contribution is 0.0702. The number of aromatic nitrogens is 2. The first-order valence-corrected chi connectivity index (χ1v) is 10.6. The van der Waals surface area contributed by atoms with Gasteiger partial charge in [-0.15, -0.1) is 0 Å². The van der Waals surface area contributed by atoms with Crippen LogP contribution in [0.1, 0.15) is 28.2 Å². The normalized spacial score (nSPS) is 16.3. The smallest absolute Gasteiger partial charge is 0.347 e. The van der Waals surface area contributed by atoms with Crippen LogP contribution in [0.25, 0.3) is 6.08 Å². The second-order valence-corrected chi connectivity index (χ2v) is 7.70. The Hall–Kier alpha value is -2.82. The Balaban J connectivity index is 0.000000367. The number of carbonyl (C=O) groups is 2. The van der Waals surface area contributed by atoms with Crippen molar-refractivity contribution in [2.75, 3.05) is 44.7 Å². The fourth-order valence-electron chi connectivity index (χ4n) is 2.93. The second-order valence-electron chi connectivity index (χ2n) is 6.67. The lowest BCUT2D eigenvalue weighted by Gasteiger charge is -2.28. The predicted octanol–water partition coefficient (Wildman–Crippen LogP) is 2.55. The molecule has 2 aliphatic rings. The minimum Gasteiger partial charge on any atom is -0.477 e. The van der Waals surface area contributed by atoms with Gasteiger partial charge in [0, 0.05) is 32.4 Å². The number of urea groups is 1. The lowest BCUT2D eigenvalue weighted by atomic mass is 10.0. The standard InChI is InChI=1S/C16H16N4O3S.C4H9NO/c21-14(22)13-10-18-15(24-13)19-16(23)20-7-4-11(5-8-20)9-12-3-1-2-6-17-12;1-3-6-4-2-5-1/h1-3,6,9-10H,4-5,7-8H2,(H,21,22)(H,18,19,23);5H,1-4H2. The van der Waals surface area contributed by atoms with Gasteiger partial charge in [-0.3, -0.25) is 10.3 Å². The number of amides is 2. The minimum atomic E-state index is -1.05. The van der Waals surface area contributed by atoms with Crippen molar-refractivity contribution in [1.82, 2.24) is 20.2 Å². The van der Waals surface area contributed by atoms with E-state index in [2.05, 4.69) is 26.7 Å². The number of thiazole rings is 1. The number of pyridine rings is 1. The van der Waals surface area contributed by atoms with Crippen molar-refractivity contribution in [3.05, 3.63) is 46.7 Å². The van der Waals surface area contributed by atoms with Gasteiger partial charge in [0.2, 0.25) is 0 Å². The molecule has 30 heavy (non-hydrogen) atoms. The van der Waals surface area contributed by atoms with E-state index >= 15 is 0 Å². The second kappa shape index (κ2) is 11.4. The number of hydrogen-bond donors (Lipinski definition) is 3. The summed E-state index contributed by atoms with van der Waals surface area (Å²) < 4.78 is 5.01. The largest absolute Gasteiger partial charge is 0.477 e. The fraction of sp³-hybridized carbons (Fsp3) is 0.400. The number of carboxylic acid groups (broad SMARTS) is 1. The van der Waals surface area contributed by atoms with E-state index in [4.69, 9.17) is 9.84 Å². The number of rotatable bonds is 3. The van der Waals surface area contributed by atoms with Crippen LogP contribution in [0.5, 0.6) is 0 Å². The molecule has 0 unspecified atom stereocenters. The number of carbonyl (C=O) groups excluding carboxylic acids is 1. The van der Waals surface area contributed by atoms with E-state index in [1.165, 1.54) is 11.8 Å². The molecular weight excluding hydrogens is 406 g/mol. The number of nitrogens with one attached hydrogen (secondary N) is 2. The SMILES string of the molecule is C1COCCN1.O=C(O)c1cnc(NC(=O)N2CCC(=Cc3ccccn3)CC2)s1. The highest BCUT2D eigenvalue weighted by Gasteiger charge is 2.20. The zero-order valence-corrected chi connectivity index (χ0v) is 17.4. The number of piperidine rings is 1. The molecule has 2 aromatic heterocycles. The number of hydrogen-bond acceptors (Lipinski definition) is 7. The molecule has 4 heterocycles. The molecule has 9 nitrogen and oxygen atoms in total. The summed E-state index contributed by atoms with van der Waals surface area (Å²) in [4.78, 5) is 33.0. The van der Waals surface area contributed by atoms with E-state index in [1.807, 2.05) is 18.2 Å². The topological polar surface area (TPSA) is 117 Å². The van der Waals surface area contributed by atoms with Crippen molar-refractivity contribution >= 4 is 34.5 Å². The minimum absolute atomic E-state index is 0.101. The van der Waals surface area contributed by atoms with E-state index in [0.717, 1.165) is 56.2 Å². The molecule has 0 saturated carbocycles. The number of morpholine rings is 1. The molecule has 10 heteroatoms. The van der Waals surface area contributed by atoms with Gasteiger partial charge >= 0.3 is 12.0 Å². The van der Waals surface area contributed by atoms with Crippen LogP contribution in [0.4, 0.5) is 9.93 Å². The molecule has 0 bridgehead atoms. The number of likely N-dealkylation sites (tertiary alicyclic amines) is 1. The average molecular weight is 432 g/mol. The average Bonchev–Trinajstić information content (AvgIpc) is 3.25. The number of anilines is 1. The van der Waals surface area contributed by atoms with E-state index in [-0.39, 0.29) is 10.9 Å². The Morgan fingerprint density at radius 2 is 1.97 bits per heavy atom. The Labute approximate surface area is 178 Å². The molecule has 160 valence electrons.